The number of hydrogen-bond acceptors (Lipinski definition) is 6. The highest BCUT2D eigenvalue weighted by Crippen LogP contribution is 2.37. The van der Waals surface area contributed by atoms with Gasteiger partial charge in [0.1, 0.15) is 24.4 Å². The van der Waals surface area contributed by atoms with E-state index in [0.29, 0.717) is 6.61 Å². The molecule has 4 atom stereocenters. The molecule has 2 saturated heterocycles. The van der Waals surface area contributed by atoms with Gasteiger partial charge in [0.05, 0.1) is 6.61 Å². The number of epoxide rings is 1. The third-order valence-electron chi connectivity index (χ3n) is 3.37. The minimum Gasteiger partial charge on any atom is -0.370 e. The number of methoxy groups -OCH3 is 2. The Morgan fingerprint density at radius 3 is 2.35 bits per heavy atom. The second kappa shape index (κ2) is 5.95. The van der Waals surface area contributed by atoms with Crippen LogP contribution in [0.15, 0.2) is 0 Å². The first-order chi connectivity index (χ1) is 9.38. The van der Waals surface area contributed by atoms with Crippen molar-refractivity contribution < 1.29 is 28.5 Å². The molecule has 0 aliphatic carbocycles. The van der Waals surface area contributed by atoms with Gasteiger partial charge in [0, 0.05) is 21.1 Å². The van der Waals surface area contributed by atoms with Gasteiger partial charge in [-0.15, -0.1) is 0 Å². The molecule has 0 aromatic rings. The van der Waals surface area contributed by atoms with E-state index in [0.717, 1.165) is 0 Å². The summed E-state index contributed by atoms with van der Waals surface area (Å²) in [5, 5.41) is 2.82. The zero-order valence-electron chi connectivity index (χ0n) is 12.5. The lowest BCUT2D eigenvalue weighted by molar-refractivity contribution is -0.175. The van der Waals surface area contributed by atoms with Gasteiger partial charge in [0.25, 0.3) is 0 Å². The molecule has 20 heavy (non-hydrogen) atoms. The minimum atomic E-state index is -0.732. The maximum absolute atomic E-state index is 11.5. The van der Waals surface area contributed by atoms with Crippen molar-refractivity contribution in [3.8, 4) is 0 Å². The lowest BCUT2D eigenvalue weighted by Gasteiger charge is -2.31. The maximum Gasteiger partial charge on any atom is 0.217 e. The Kier molecular flexibility index (Phi) is 4.66. The Morgan fingerprint density at radius 2 is 1.90 bits per heavy atom. The van der Waals surface area contributed by atoms with Crippen molar-refractivity contribution in [2.75, 3.05) is 20.8 Å². The van der Waals surface area contributed by atoms with Gasteiger partial charge in [-0.1, -0.05) is 0 Å². The molecule has 1 N–H and O–H groups in total. The predicted molar refractivity (Wildman–Crippen MR) is 69.0 cm³/mol. The monoisotopic (exact) mass is 289 g/mol. The number of amides is 1. The van der Waals surface area contributed by atoms with Gasteiger partial charge in [-0.3, -0.25) is 4.79 Å². The zero-order chi connectivity index (χ0) is 14.9. The molecule has 116 valence electrons. The molecule has 7 heteroatoms. The van der Waals surface area contributed by atoms with Gasteiger partial charge >= 0.3 is 0 Å². The van der Waals surface area contributed by atoms with Crippen molar-refractivity contribution in [3.63, 3.8) is 0 Å². The van der Waals surface area contributed by atoms with Crippen LogP contribution in [0.5, 0.6) is 0 Å². The summed E-state index contributed by atoms with van der Waals surface area (Å²) in [4.78, 5) is 11.5. The van der Waals surface area contributed by atoms with E-state index in [1.165, 1.54) is 21.1 Å². The Balaban J connectivity index is 2.18. The lowest BCUT2D eigenvalue weighted by atomic mass is 10.0. The van der Waals surface area contributed by atoms with E-state index in [9.17, 15) is 4.79 Å². The van der Waals surface area contributed by atoms with Crippen LogP contribution in [0.3, 0.4) is 0 Å². The Hall–Kier alpha value is -0.730. The molecule has 0 aromatic heterocycles. The van der Waals surface area contributed by atoms with Crippen molar-refractivity contribution in [1.29, 1.82) is 0 Å². The average Bonchev–Trinajstić information content (AvgIpc) is 3.13. The normalized spacial score (nSPS) is 33.2. The molecule has 1 amide bonds. The molecule has 7 nitrogen and oxygen atoms in total. The number of rotatable bonds is 6. The first-order valence-electron chi connectivity index (χ1n) is 6.68. The Labute approximate surface area is 118 Å². The molecule has 0 bridgehead atoms. The number of nitrogens with one attached hydrogen (secondary N) is 1. The van der Waals surface area contributed by atoms with Crippen LogP contribution < -0.4 is 5.32 Å². The number of ether oxygens (including phenoxy) is 5. The summed E-state index contributed by atoms with van der Waals surface area (Å²) in [6.45, 7) is 5.75. The topological polar surface area (TPSA) is 78.6 Å². The first kappa shape index (κ1) is 15.7. The molecule has 0 spiro atoms. The third-order valence-corrected chi connectivity index (χ3v) is 3.37. The molecule has 2 fully saturated rings. The van der Waals surface area contributed by atoms with Crippen LogP contribution in [0.1, 0.15) is 20.8 Å². The molecular weight excluding hydrogens is 266 g/mol. The molecule has 2 aliphatic heterocycles. The summed E-state index contributed by atoms with van der Waals surface area (Å²) in [5.74, 6) is -0.915. The molecule has 0 radical (unpaired) electrons. The van der Waals surface area contributed by atoms with Gasteiger partial charge in [-0.2, -0.15) is 0 Å². The number of carbonyl (C=O) groups excluding carboxylic acids is 1. The fraction of sp³-hybridized carbons (Fsp3) is 0.923. The summed E-state index contributed by atoms with van der Waals surface area (Å²) in [7, 11) is 3.04. The van der Waals surface area contributed by atoms with Crippen molar-refractivity contribution in [2.45, 2.75) is 57.2 Å². The van der Waals surface area contributed by atoms with Crippen LogP contribution in [-0.4, -0.2) is 63.2 Å². The van der Waals surface area contributed by atoms with Crippen LogP contribution in [0.4, 0.5) is 0 Å². The largest absolute Gasteiger partial charge is 0.370 e. The summed E-state index contributed by atoms with van der Waals surface area (Å²) < 4.78 is 27.7. The third kappa shape index (κ3) is 3.48. The minimum absolute atomic E-state index is 0.00704. The van der Waals surface area contributed by atoms with Crippen LogP contribution in [0.2, 0.25) is 0 Å². The molecule has 0 aromatic carbocycles. The molecule has 0 saturated carbocycles. The van der Waals surface area contributed by atoms with Crippen molar-refractivity contribution in [3.05, 3.63) is 0 Å². The summed E-state index contributed by atoms with van der Waals surface area (Å²) >= 11 is 0. The molecule has 2 aliphatic rings. The van der Waals surface area contributed by atoms with E-state index in [1.54, 1.807) is 0 Å². The molecule has 0 unspecified atom stereocenters. The summed E-state index contributed by atoms with van der Waals surface area (Å²) in [6.07, 6.45) is -1.28. The molecular formula is C13H23NO6. The van der Waals surface area contributed by atoms with E-state index in [4.69, 9.17) is 23.7 Å². The fourth-order valence-electron chi connectivity index (χ4n) is 2.56. The van der Waals surface area contributed by atoms with E-state index in [1.807, 2.05) is 13.8 Å². The first-order valence-corrected chi connectivity index (χ1v) is 6.68. The molecule has 2 heterocycles. The number of hydrogen-bond donors (Lipinski definition) is 1. The van der Waals surface area contributed by atoms with Gasteiger partial charge < -0.3 is 29.0 Å². The highest BCUT2D eigenvalue weighted by atomic mass is 16.8. The zero-order valence-corrected chi connectivity index (χ0v) is 12.5. The summed E-state index contributed by atoms with van der Waals surface area (Å²) in [5.41, 5.74) is 0. The fourth-order valence-corrected chi connectivity index (χ4v) is 2.56. The smallest absolute Gasteiger partial charge is 0.217 e. The molecule has 2 rings (SSSR count). The summed E-state index contributed by atoms with van der Waals surface area (Å²) in [6, 6.07) is -0.474. The quantitative estimate of drug-likeness (QED) is 0.549. The van der Waals surface area contributed by atoms with E-state index in [2.05, 4.69) is 5.32 Å². The van der Waals surface area contributed by atoms with Crippen LogP contribution >= 0.6 is 0 Å². The lowest BCUT2D eigenvalue weighted by Crippen LogP contribution is -2.55. The van der Waals surface area contributed by atoms with Gasteiger partial charge in [0.2, 0.25) is 5.91 Å². The van der Waals surface area contributed by atoms with Crippen molar-refractivity contribution in [1.82, 2.24) is 5.32 Å². The van der Waals surface area contributed by atoms with Crippen molar-refractivity contribution >= 4 is 5.91 Å². The number of carbonyl (C=O) groups is 1. The van der Waals surface area contributed by atoms with E-state index < -0.39 is 24.2 Å². The average molecular weight is 289 g/mol. The van der Waals surface area contributed by atoms with Gasteiger partial charge in [0.15, 0.2) is 12.1 Å². The SMILES string of the molecule is COC(OC)[C@H](NC(C)=O)[C@H]1OC(C)(C)O[C@@H]1[C@@H]1CO1. The van der Waals surface area contributed by atoms with E-state index in [-0.39, 0.29) is 18.1 Å². The van der Waals surface area contributed by atoms with E-state index >= 15 is 0 Å². The van der Waals surface area contributed by atoms with Gasteiger partial charge in [-0.25, -0.2) is 0 Å². The highest BCUT2D eigenvalue weighted by Gasteiger charge is 2.54. The van der Waals surface area contributed by atoms with Crippen LogP contribution in [0.25, 0.3) is 0 Å². The maximum atomic E-state index is 11.5. The standard InChI is InChI=1S/C13H23NO6/c1-7(15)14-9(12(16-4)17-5)11-10(8-6-18-8)19-13(2,3)20-11/h8-12H,6H2,1-5H3,(H,14,15)/t8-,9+,10+,11+/m0/s1. The van der Waals surface area contributed by atoms with Crippen LogP contribution in [0, 0.1) is 0 Å². The Bertz CT molecular complexity index is 353. The second-order valence-electron chi connectivity index (χ2n) is 5.50. The van der Waals surface area contributed by atoms with Gasteiger partial charge in [-0.05, 0) is 13.8 Å². The van der Waals surface area contributed by atoms with Crippen molar-refractivity contribution in [2.24, 2.45) is 0 Å². The van der Waals surface area contributed by atoms with Crippen LogP contribution in [-0.2, 0) is 28.5 Å². The predicted octanol–water partition coefficient (Wildman–Crippen LogP) is 0.0289. The highest BCUT2D eigenvalue weighted by molar-refractivity contribution is 5.73. The Morgan fingerprint density at radius 1 is 1.30 bits per heavy atom. The second-order valence-corrected chi connectivity index (χ2v) is 5.50.